The Morgan fingerprint density at radius 2 is 1.70 bits per heavy atom. The first kappa shape index (κ1) is 11.9. The van der Waals surface area contributed by atoms with Gasteiger partial charge in [0.2, 0.25) is 0 Å². The lowest BCUT2D eigenvalue weighted by Gasteiger charge is -2.24. The van der Waals surface area contributed by atoms with E-state index in [9.17, 15) is 5.11 Å². The van der Waals surface area contributed by atoms with Crippen molar-refractivity contribution in [3.8, 4) is 0 Å². The molecule has 1 heteroatoms. The number of aliphatic hydroxyl groups is 1. The van der Waals surface area contributed by atoms with E-state index in [0.717, 1.165) is 19.3 Å². The van der Waals surface area contributed by atoms with Crippen LogP contribution in [0.15, 0.2) is 42.5 Å². The Hall–Kier alpha value is -1.86. The third-order valence-corrected chi connectivity index (χ3v) is 4.64. The molecule has 0 bridgehead atoms. The van der Waals surface area contributed by atoms with E-state index in [1.54, 1.807) is 0 Å². The van der Waals surface area contributed by atoms with Crippen LogP contribution in [-0.4, -0.2) is 5.11 Å². The molecule has 20 heavy (non-hydrogen) atoms. The largest absolute Gasteiger partial charge is 0.388 e. The van der Waals surface area contributed by atoms with Gasteiger partial charge in [-0.2, -0.15) is 0 Å². The molecule has 1 atom stereocenters. The van der Waals surface area contributed by atoms with E-state index in [4.69, 9.17) is 0 Å². The molecule has 0 amide bonds. The van der Waals surface area contributed by atoms with Gasteiger partial charge in [-0.05, 0) is 64.4 Å². The number of rotatable bonds is 0. The van der Waals surface area contributed by atoms with E-state index >= 15 is 0 Å². The maximum Gasteiger partial charge on any atom is 0.0798 e. The molecule has 100 valence electrons. The van der Waals surface area contributed by atoms with Crippen LogP contribution in [0.5, 0.6) is 0 Å². The molecule has 1 unspecified atom stereocenters. The molecule has 0 spiro atoms. The molecule has 0 saturated heterocycles. The zero-order valence-electron chi connectivity index (χ0n) is 11.7. The fourth-order valence-electron chi connectivity index (χ4n) is 3.67. The van der Waals surface area contributed by atoms with Crippen molar-refractivity contribution in [2.45, 2.75) is 32.3 Å². The lowest BCUT2D eigenvalue weighted by Crippen LogP contribution is -2.09. The fourth-order valence-corrected chi connectivity index (χ4v) is 3.67. The summed E-state index contributed by atoms with van der Waals surface area (Å²) >= 11 is 0. The van der Waals surface area contributed by atoms with Gasteiger partial charge in [0.25, 0.3) is 0 Å². The molecule has 0 radical (unpaired) electrons. The van der Waals surface area contributed by atoms with Crippen LogP contribution in [0.3, 0.4) is 0 Å². The SMILES string of the molecule is Cc1cc2c3c(ccc2c2ccccc12)CCCC3O. The first-order chi connectivity index (χ1) is 9.75. The van der Waals surface area contributed by atoms with Crippen molar-refractivity contribution >= 4 is 21.5 Å². The Bertz CT molecular complexity index is 817. The summed E-state index contributed by atoms with van der Waals surface area (Å²) in [5.41, 5.74) is 3.79. The molecule has 1 N–H and O–H groups in total. The summed E-state index contributed by atoms with van der Waals surface area (Å²) in [6, 6.07) is 15.2. The second kappa shape index (κ2) is 4.32. The van der Waals surface area contributed by atoms with Gasteiger partial charge >= 0.3 is 0 Å². The van der Waals surface area contributed by atoms with Gasteiger partial charge in [-0.3, -0.25) is 0 Å². The minimum Gasteiger partial charge on any atom is -0.388 e. The highest BCUT2D eigenvalue weighted by Crippen LogP contribution is 2.38. The van der Waals surface area contributed by atoms with E-state index in [0.29, 0.717) is 0 Å². The quantitative estimate of drug-likeness (QED) is 0.584. The molecule has 0 aromatic heterocycles. The average Bonchev–Trinajstić information content (AvgIpc) is 2.47. The number of fused-ring (bicyclic) bond motifs is 5. The highest BCUT2D eigenvalue weighted by molar-refractivity contribution is 6.10. The summed E-state index contributed by atoms with van der Waals surface area (Å²) < 4.78 is 0. The number of aryl methyl sites for hydroxylation is 2. The van der Waals surface area contributed by atoms with Crippen LogP contribution in [0.4, 0.5) is 0 Å². The van der Waals surface area contributed by atoms with E-state index in [1.807, 2.05) is 0 Å². The predicted octanol–water partition coefficient (Wildman–Crippen LogP) is 4.67. The summed E-state index contributed by atoms with van der Waals surface area (Å²) in [5.74, 6) is 0. The van der Waals surface area contributed by atoms with Crippen LogP contribution in [0.1, 0.15) is 35.6 Å². The zero-order chi connectivity index (χ0) is 13.7. The zero-order valence-corrected chi connectivity index (χ0v) is 11.7. The molecule has 1 aliphatic carbocycles. The molecule has 0 heterocycles. The van der Waals surface area contributed by atoms with Gasteiger partial charge in [-0.15, -0.1) is 0 Å². The van der Waals surface area contributed by atoms with Crippen molar-refractivity contribution < 1.29 is 5.11 Å². The first-order valence-electron chi connectivity index (χ1n) is 7.37. The second-order valence-corrected chi connectivity index (χ2v) is 5.88. The molecular weight excluding hydrogens is 244 g/mol. The number of hydrogen-bond donors (Lipinski definition) is 1. The van der Waals surface area contributed by atoms with Crippen molar-refractivity contribution in [2.24, 2.45) is 0 Å². The molecular formula is C19H18O. The highest BCUT2D eigenvalue weighted by atomic mass is 16.3. The lowest BCUT2D eigenvalue weighted by atomic mass is 9.84. The summed E-state index contributed by atoms with van der Waals surface area (Å²) in [5, 5.41) is 15.5. The summed E-state index contributed by atoms with van der Waals surface area (Å²) in [6.07, 6.45) is 2.77. The molecule has 1 nitrogen and oxygen atoms in total. The van der Waals surface area contributed by atoms with E-state index in [2.05, 4.69) is 49.4 Å². The Labute approximate surface area is 118 Å². The van der Waals surface area contributed by atoms with Crippen LogP contribution in [-0.2, 0) is 6.42 Å². The summed E-state index contributed by atoms with van der Waals surface area (Å²) in [7, 11) is 0. The van der Waals surface area contributed by atoms with Crippen LogP contribution in [0, 0.1) is 6.92 Å². The van der Waals surface area contributed by atoms with Crippen molar-refractivity contribution in [2.75, 3.05) is 0 Å². The minimum absolute atomic E-state index is 0.303. The first-order valence-corrected chi connectivity index (χ1v) is 7.37. The molecule has 1 aliphatic rings. The Morgan fingerprint density at radius 3 is 2.55 bits per heavy atom. The van der Waals surface area contributed by atoms with Gasteiger partial charge in [0.15, 0.2) is 0 Å². The average molecular weight is 262 g/mol. The van der Waals surface area contributed by atoms with Crippen molar-refractivity contribution in [3.05, 3.63) is 59.2 Å². The number of aliphatic hydroxyl groups excluding tert-OH is 1. The Morgan fingerprint density at radius 1 is 0.950 bits per heavy atom. The van der Waals surface area contributed by atoms with Gasteiger partial charge in [-0.25, -0.2) is 0 Å². The van der Waals surface area contributed by atoms with Gasteiger partial charge in [-0.1, -0.05) is 42.5 Å². The molecule has 3 aromatic rings. The smallest absolute Gasteiger partial charge is 0.0798 e. The summed E-state index contributed by atoms with van der Waals surface area (Å²) in [4.78, 5) is 0. The van der Waals surface area contributed by atoms with Crippen molar-refractivity contribution in [1.82, 2.24) is 0 Å². The van der Waals surface area contributed by atoms with Gasteiger partial charge in [0.1, 0.15) is 0 Å². The maximum absolute atomic E-state index is 10.4. The van der Waals surface area contributed by atoms with Crippen LogP contribution in [0.25, 0.3) is 21.5 Å². The van der Waals surface area contributed by atoms with Crippen LogP contribution < -0.4 is 0 Å². The predicted molar refractivity (Wildman–Crippen MR) is 84.1 cm³/mol. The third-order valence-electron chi connectivity index (χ3n) is 4.64. The van der Waals surface area contributed by atoms with Crippen molar-refractivity contribution in [1.29, 1.82) is 0 Å². The van der Waals surface area contributed by atoms with Crippen LogP contribution in [0.2, 0.25) is 0 Å². The topological polar surface area (TPSA) is 20.2 Å². The van der Waals surface area contributed by atoms with Crippen molar-refractivity contribution in [3.63, 3.8) is 0 Å². The monoisotopic (exact) mass is 262 g/mol. The van der Waals surface area contributed by atoms with Gasteiger partial charge < -0.3 is 5.11 Å². The second-order valence-electron chi connectivity index (χ2n) is 5.88. The molecule has 0 saturated carbocycles. The van der Waals surface area contributed by atoms with Crippen LogP contribution >= 0.6 is 0 Å². The summed E-state index contributed by atoms with van der Waals surface area (Å²) in [6.45, 7) is 2.16. The molecule has 0 aliphatic heterocycles. The normalized spacial score (nSPS) is 18.4. The van der Waals surface area contributed by atoms with E-state index in [-0.39, 0.29) is 6.10 Å². The number of benzene rings is 3. The molecule has 0 fully saturated rings. The molecule has 3 aromatic carbocycles. The fraction of sp³-hybridized carbons (Fsp3) is 0.263. The maximum atomic E-state index is 10.4. The standard InChI is InChI=1S/C19H18O/c1-12-11-17-16(15-7-3-2-6-14(12)15)10-9-13-5-4-8-18(20)19(13)17/h2-3,6-7,9-11,18,20H,4-5,8H2,1H3. The molecule has 4 rings (SSSR count). The lowest BCUT2D eigenvalue weighted by molar-refractivity contribution is 0.158. The highest BCUT2D eigenvalue weighted by Gasteiger charge is 2.21. The van der Waals surface area contributed by atoms with E-state index < -0.39 is 0 Å². The van der Waals surface area contributed by atoms with Gasteiger partial charge in [0, 0.05) is 0 Å². The minimum atomic E-state index is -0.303. The van der Waals surface area contributed by atoms with E-state index in [1.165, 1.54) is 38.2 Å². The number of hydrogen-bond acceptors (Lipinski definition) is 1. The third kappa shape index (κ3) is 1.60. The Kier molecular flexibility index (Phi) is 2.58. The van der Waals surface area contributed by atoms with Gasteiger partial charge in [0.05, 0.1) is 6.10 Å². The Balaban J connectivity index is 2.19.